The molecule has 1 atom stereocenters. The number of nitrogens with zero attached hydrogens (tertiary/aromatic N) is 2. The molecular weight excluding hydrogens is 360 g/mol. The molecule has 150 valence electrons. The van der Waals surface area contributed by atoms with E-state index in [-0.39, 0.29) is 30.1 Å². The van der Waals surface area contributed by atoms with E-state index < -0.39 is 14.4 Å². The van der Waals surface area contributed by atoms with Crippen molar-refractivity contribution in [3.05, 3.63) is 35.4 Å². The minimum absolute atomic E-state index is 0.0126. The van der Waals surface area contributed by atoms with E-state index in [2.05, 4.69) is 39.9 Å². The van der Waals surface area contributed by atoms with Crippen LogP contribution >= 0.6 is 0 Å². The Kier molecular flexibility index (Phi) is 6.37. The maximum atomic E-state index is 12.7. The molecule has 2 amide bonds. The average Bonchev–Trinajstić information content (AvgIpc) is 2.65. The number of benzene rings is 1. The molecule has 0 bridgehead atoms. The van der Waals surface area contributed by atoms with E-state index >= 15 is 0 Å². The smallest absolute Gasteiger partial charge is 0.407 e. The number of carboxylic acid groups (broad SMARTS) is 1. The van der Waals surface area contributed by atoms with E-state index in [1.54, 1.807) is 4.90 Å². The minimum Gasteiger partial charge on any atom is -0.465 e. The van der Waals surface area contributed by atoms with Gasteiger partial charge in [0.25, 0.3) is 0 Å². The third kappa shape index (κ3) is 5.56. The molecule has 0 aliphatic carbocycles. The molecule has 0 aromatic heterocycles. The molecule has 6 nitrogen and oxygen atoms in total. The Balaban J connectivity index is 2.24. The lowest BCUT2D eigenvalue weighted by atomic mass is 10.1. The standard InChI is InChI=1S/C20H32N2O4Si/c1-15-8-7-9-16(10-15)11-21-12-17(26-27(5,6)20(2,3)4)13-22(19(24)25)14-18(21)23/h7-10,17H,11-14H2,1-6H3,(H,24,25). The molecule has 1 aromatic rings. The second-order valence-corrected chi connectivity index (χ2v) is 13.7. The van der Waals surface area contributed by atoms with Crippen LogP contribution in [0.4, 0.5) is 4.79 Å². The maximum Gasteiger partial charge on any atom is 0.407 e. The van der Waals surface area contributed by atoms with Gasteiger partial charge in [-0.25, -0.2) is 4.79 Å². The van der Waals surface area contributed by atoms with Crippen LogP contribution in [0.2, 0.25) is 18.1 Å². The van der Waals surface area contributed by atoms with Gasteiger partial charge in [-0.3, -0.25) is 9.69 Å². The largest absolute Gasteiger partial charge is 0.465 e. The van der Waals surface area contributed by atoms with Gasteiger partial charge in [0.1, 0.15) is 6.54 Å². The summed E-state index contributed by atoms with van der Waals surface area (Å²) in [6.45, 7) is 13.7. The maximum absolute atomic E-state index is 12.7. The molecule has 1 saturated heterocycles. The van der Waals surface area contributed by atoms with Gasteiger partial charge in [0.05, 0.1) is 12.6 Å². The number of rotatable bonds is 4. The molecule has 27 heavy (non-hydrogen) atoms. The molecule has 1 N–H and O–H groups in total. The second-order valence-electron chi connectivity index (χ2n) is 8.93. The lowest BCUT2D eigenvalue weighted by Crippen LogP contribution is -2.49. The molecule has 0 saturated carbocycles. The first-order valence-electron chi connectivity index (χ1n) is 9.38. The second kappa shape index (κ2) is 8.02. The summed E-state index contributed by atoms with van der Waals surface area (Å²) in [6.07, 6.45) is -1.40. The van der Waals surface area contributed by atoms with Crippen molar-refractivity contribution < 1.29 is 19.1 Å². The molecule has 2 rings (SSSR count). The van der Waals surface area contributed by atoms with Crippen LogP contribution in [-0.4, -0.2) is 61.0 Å². The van der Waals surface area contributed by atoms with Gasteiger partial charge >= 0.3 is 6.09 Å². The molecule has 1 fully saturated rings. The van der Waals surface area contributed by atoms with E-state index in [0.717, 1.165) is 11.1 Å². The Morgan fingerprint density at radius 3 is 2.52 bits per heavy atom. The lowest BCUT2D eigenvalue weighted by molar-refractivity contribution is -0.131. The molecule has 1 aliphatic rings. The van der Waals surface area contributed by atoms with E-state index in [0.29, 0.717) is 13.1 Å². The summed E-state index contributed by atoms with van der Waals surface area (Å²) in [7, 11) is -2.09. The Labute approximate surface area is 163 Å². The molecule has 1 unspecified atom stereocenters. The summed E-state index contributed by atoms with van der Waals surface area (Å²) in [5, 5.41) is 9.49. The van der Waals surface area contributed by atoms with Gasteiger partial charge in [-0.15, -0.1) is 0 Å². The van der Waals surface area contributed by atoms with Crippen LogP contribution < -0.4 is 0 Å². The highest BCUT2D eigenvalue weighted by atomic mass is 28.4. The molecule has 7 heteroatoms. The van der Waals surface area contributed by atoms with Crippen molar-refractivity contribution in [3.63, 3.8) is 0 Å². The number of amides is 2. The summed E-state index contributed by atoms with van der Waals surface area (Å²) < 4.78 is 6.48. The zero-order chi connectivity index (χ0) is 20.4. The fraction of sp³-hybridized carbons (Fsp3) is 0.600. The summed E-state index contributed by atoms with van der Waals surface area (Å²) in [6, 6.07) is 8.03. The van der Waals surface area contributed by atoms with E-state index in [1.165, 1.54) is 4.90 Å². The van der Waals surface area contributed by atoms with Crippen molar-refractivity contribution in [3.8, 4) is 0 Å². The first-order valence-corrected chi connectivity index (χ1v) is 12.3. The number of carbonyl (C=O) groups is 2. The third-order valence-corrected chi connectivity index (χ3v) is 10.1. The first-order chi connectivity index (χ1) is 12.4. The Bertz CT molecular complexity index is 699. The molecular formula is C20H32N2O4Si. The summed E-state index contributed by atoms with van der Waals surface area (Å²) in [5.74, 6) is -0.180. The van der Waals surface area contributed by atoms with Crippen LogP contribution in [0.5, 0.6) is 0 Å². The zero-order valence-corrected chi connectivity index (χ0v) is 18.3. The molecule has 1 aliphatic heterocycles. The van der Waals surface area contributed by atoms with Crippen LogP contribution in [0.1, 0.15) is 31.9 Å². The first kappa shape index (κ1) is 21.4. The summed E-state index contributed by atoms with van der Waals surface area (Å²) in [5.41, 5.74) is 2.18. The van der Waals surface area contributed by atoms with Gasteiger partial charge in [0.15, 0.2) is 8.32 Å². The molecule has 0 radical (unpaired) electrons. The van der Waals surface area contributed by atoms with E-state index in [4.69, 9.17) is 4.43 Å². The number of hydrogen-bond donors (Lipinski definition) is 1. The van der Waals surface area contributed by atoms with Crippen LogP contribution in [0.15, 0.2) is 24.3 Å². The molecule has 1 aromatic carbocycles. The fourth-order valence-corrected chi connectivity index (χ4v) is 4.31. The normalized spacial score (nSPS) is 19.2. The van der Waals surface area contributed by atoms with Gasteiger partial charge in [-0.2, -0.15) is 0 Å². The number of aryl methyl sites for hydroxylation is 1. The van der Waals surface area contributed by atoms with Gasteiger partial charge in [0, 0.05) is 13.1 Å². The van der Waals surface area contributed by atoms with Gasteiger partial charge < -0.3 is 14.4 Å². The Morgan fingerprint density at radius 1 is 1.30 bits per heavy atom. The minimum atomic E-state index is -2.09. The predicted octanol–water partition coefficient (Wildman–Crippen LogP) is 3.71. The van der Waals surface area contributed by atoms with Crippen molar-refractivity contribution in [1.29, 1.82) is 0 Å². The zero-order valence-electron chi connectivity index (χ0n) is 17.3. The summed E-state index contributed by atoms with van der Waals surface area (Å²) >= 11 is 0. The third-order valence-electron chi connectivity index (χ3n) is 5.52. The van der Waals surface area contributed by atoms with Crippen molar-refractivity contribution in [1.82, 2.24) is 9.80 Å². The van der Waals surface area contributed by atoms with E-state index in [9.17, 15) is 14.7 Å². The van der Waals surface area contributed by atoms with Crippen molar-refractivity contribution in [2.24, 2.45) is 0 Å². The van der Waals surface area contributed by atoms with Crippen LogP contribution in [0.3, 0.4) is 0 Å². The van der Waals surface area contributed by atoms with Crippen molar-refractivity contribution in [2.45, 2.75) is 58.5 Å². The Hall–Kier alpha value is -1.86. The fourth-order valence-electron chi connectivity index (χ4n) is 2.98. The van der Waals surface area contributed by atoms with Gasteiger partial charge in [0.2, 0.25) is 5.91 Å². The van der Waals surface area contributed by atoms with Gasteiger partial charge in [-0.05, 0) is 30.6 Å². The van der Waals surface area contributed by atoms with Crippen molar-refractivity contribution >= 4 is 20.3 Å². The SMILES string of the molecule is Cc1cccc(CN2CC(O[Si](C)(C)C(C)(C)C)CN(C(=O)O)CC2=O)c1. The van der Waals surface area contributed by atoms with Crippen molar-refractivity contribution in [2.75, 3.05) is 19.6 Å². The number of hydrogen-bond acceptors (Lipinski definition) is 3. The quantitative estimate of drug-likeness (QED) is 0.793. The van der Waals surface area contributed by atoms with Crippen LogP contribution in [-0.2, 0) is 15.8 Å². The highest BCUT2D eigenvalue weighted by Gasteiger charge is 2.41. The predicted molar refractivity (Wildman–Crippen MR) is 108 cm³/mol. The highest BCUT2D eigenvalue weighted by Crippen LogP contribution is 2.37. The topological polar surface area (TPSA) is 70.1 Å². The van der Waals surface area contributed by atoms with Gasteiger partial charge in [-0.1, -0.05) is 50.6 Å². The number of carbonyl (C=O) groups excluding carboxylic acids is 1. The van der Waals surface area contributed by atoms with Crippen LogP contribution in [0, 0.1) is 6.92 Å². The van der Waals surface area contributed by atoms with E-state index in [1.807, 2.05) is 25.1 Å². The lowest BCUT2D eigenvalue weighted by Gasteiger charge is -2.40. The Morgan fingerprint density at radius 2 is 1.96 bits per heavy atom. The molecule has 0 spiro atoms. The monoisotopic (exact) mass is 392 g/mol. The molecule has 1 heterocycles. The average molecular weight is 393 g/mol. The van der Waals surface area contributed by atoms with Crippen LogP contribution in [0.25, 0.3) is 0 Å². The summed E-state index contributed by atoms with van der Waals surface area (Å²) in [4.78, 5) is 27.2. The highest BCUT2D eigenvalue weighted by molar-refractivity contribution is 6.74.